The van der Waals surface area contributed by atoms with Gasteiger partial charge in [0.1, 0.15) is 5.69 Å². The highest BCUT2D eigenvalue weighted by atomic mass is 35.5. The van der Waals surface area contributed by atoms with Gasteiger partial charge in [0, 0.05) is 18.7 Å². The lowest BCUT2D eigenvalue weighted by atomic mass is 10.1. The molecule has 0 spiro atoms. The van der Waals surface area contributed by atoms with Gasteiger partial charge in [-0.1, -0.05) is 18.5 Å². The average molecular weight is 327 g/mol. The van der Waals surface area contributed by atoms with Crippen molar-refractivity contribution in [2.75, 3.05) is 11.9 Å². The van der Waals surface area contributed by atoms with Gasteiger partial charge in [0.2, 0.25) is 0 Å². The van der Waals surface area contributed by atoms with Gasteiger partial charge >= 0.3 is 6.18 Å². The molecule has 1 aromatic rings. The number of nitrogens with one attached hydrogen (secondary N) is 1. The van der Waals surface area contributed by atoms with E-state index in [0.717, 1.165) is 6.07 Å². The lowest BCUT2D eigenvalue weighted by Crippen LogP contribution is -2.21. The normalized spacial score (nSPS) is 13.0. The lowest BCUT2D eigenvalue weighted by Gasteiger charge is -2.18. The van der Waals surface area contributed by atoms with Crippen molar-refractivity contribution in [2.45, 2.75) is 32.0 Å². The maximum Gasteiger partial charge on any atom is 0.418 e. The van der Waals surface area contributed by atoms with Crippen molar-refractivity contribution in [1.82, 2.24) is 0 Å². The summed E-state index contributed by atoms with van der Waals surface area (Å²) in [7, 11) is 0. The second-order valence-electron chi connectivity index (χ2n) is 4.37. The van der Waals surface area contributed by atoms with Gasteiger partial charge in [-0.3, -0.25) is 10.1 Å². The van der Waals surface area contributed by atoms with E-state index in [0.29, 0.717) is 18.9 Å². The molecule has 0 radical (unpaired) electrons. The third-order valence-electron chi connectivity index (χ3n) is 2.92. The molecule has 1 aromatic carbocycles. The molecule has 0 fully saturated rings. The molecule has 1 unspecified atom stereocenters. The largest absolute Gasteiger partial charge is 0.418 e. The van der Waals surface area contributed by atoms with Gasteiger partial charge in [-0.2, -0.15) is 13.2 Å². The molecule has 0 aliphatic rings. The SMILES string of the molecule is CCC(CCO)Nc1cc(Cl)c(C(F)(F)F)cc1[N+](=O)[O-]. The number of anilines is 1. The number of hydrogen-bond donors (Lipinski definition) is 2. The Kier molecular flexibility index (Phi) is 5.79. The molecule has 0 saturated carbocycles. The first-order valence-corrected chi connectivity index (χ1v) is 6.51. The molecule has 1 atom stereocenters. The number of rotatable bonds is 6. The molecule has 9 heteroatoms. The zero-order valence-corrected chi connectivity index (χ0v) is 11.8. The highest BCUT2D eigenvalue weighted by Crippen LogP contribution is 2.40. The molecular formula is C12H14ClF3N2O3. The summed E-state index contributed by atoms with van der Waals surface area (Å²) < 4.78 is 38.1. The van der Waals surface area contributed by atoms with Gasteiger partial charge in [-0.15, -0.1) is 0 Å². The quantitative estimate of drug-likeness (QED) is 0.615. The summed E-state index contributed by atoms with van der Waals surface area (Å²) in [4.78, 5) is 10.0. The summed E-state index contributed by atoms with van der Waals surface area (Å²) >= 11 is 5.56. The number of nitro groups is 1. The zero-order valence-electron chi connectivity index (χ0n) is 11.1. The average Bonchev–Trinajstić information content (AvgIpc) is 2.36. The van der Waals surface area contributed by atoms with E-state index in [-0.39, 0.29) is 18.3 Å². The van der Waals surface area contributed by atoms with Crippen LogP contribution < -0.4 is 5.32 Å². The fourth-order valence-corrected chi connectivity index (χ4v) is 2.07. The minimum atomic E-state index is -4.77. The standard InChI is InChI=1S/C12H14ClF3N2O3/c1-2-7(3-4-19)17-10-6-9(13)8(12(14,15)16)5-11(10)18(20)21/h5-7,17,19H,2-4H2,1H3. The Labute approximate surface area is 123 Å². The summed E-state index contributed by atoms with van der Waals surface area (Å²) in [6.45, 7) is 1.64. The molecule has 118 valence electrons. The molecule has 0 aliphatic heterocycles. The Balaban J connectivity index is 3.26. The summed E-state index contributed by atoms with van der Waals surface area (Å²) in [6, 6.07) is 1.00. The van der Waals surface area contributed by atoms with Crippen molar-refractivity contribution in [1.29, 1.82) is 0 Å². The second kappa shape index (κ2) is 6.95. The number of aliphatic hydroxyl groups is 1. The molecule has 0 bridgehead atoms. The third kappa shape index (κ3) is 4.47. The Bertz CT molecular complexity index is 523. The topological polar surface area (TPSA) is 75.4 Å². The molecule has 0 aromatic heterocycles. The summed E-state index contributed by atoms with van der Waals surface area (Å²) in [5.41, 5.74) is -2.06. The van der Waals surface area contributed by atoms with E-state index in [2.05, 4.69) is 5.32 Å². The van der Waals surface area contributed by atoms with Crippen molar-refractivity contribution in [3.63, 3.8) is 0 Å². The Morgan fingerprint density at radius 1 is 1.48 bits per heavy atom. The van der Waals surface area contributed by atoms with Crippen molar-refractivity contribution in [3.8, 4) is 0 Å². The van der Waals surface area contributed by atoms with E-state index in [4.69, 9.17) is 16.7 Å². The van der Waals surface area contributed by atoms with Gasteiger partial charge in [0.05, 0.1) is 15.5 Å². The van der Waals surface area contributed by atoms with Crippen molar-refractivity contribution in [2.24, 2.45) is 0 Å². The maximum absolute atomic E-state index is 12.7. The van der Waals surface area contributed by atoms with Crippen LogP contribution in [0.4, 0.5) is 24.5 Å². The Hall–Kier alpha value is -1.54. The van der Waals surface area contributed by atoms with Crippen molar-refractivity contribution in [3.05, 3.63) is 32.8 Å². The highest BCUT2D eigenvalue weighted by Gasteiger charge is 2.36. The van der Waals surface area contributed by atoms with E-state index in [1.54, 1.807) is 6.92 Å². The first kappa shape index (κ1) is 17.5. The molecule has 5 nitrogen and oxygen atoms in total. The van der Waals surface area contributed by atoms with Crippen LogP contribution in [0.2, 0.25) is 5.02 Å². The zero-order chi connectivity index (χ0) is 16.2. The van der Waals surface area contributed by atoms with E-state index in [1.807, 2.05) is 0 Å². The van der Waals surface area contributed by atoms with Crippen LogP contribution in [0, 0.1) is 10.1 Å². The number of benzene rings is 1. The van der Waals surface area contributed by atoms with Crippen LogP contribution in [-0.2, 0) is 6.18 Å². The highest BCUT2D eigenvalue weighted by molar-refractivity contribution is 6.31. The third-order valence-corrected chi connectivity index (χ3v) is 3.23. The summed E-state index contributed by atoms with van der Waals surface area (Å²) in [5, 5.41) is 22.0. The fourth-order valence-electron chi connectivity index (χ4n) is 1.80. The van der Waals surface area contributed by atoms with Gasteiger partial charge in [0.15, 0.2) is 0 Å². The predicted molar refractivity (Wildman–Crippen MR) is 72.5 cm³/mol. The molecule has 0 heterocycles. The lowest BCUT2D eigenvalue weighted by molar-refractivity contribution is -0.384. The van der Waals surface area contributed by atoms with E-state index in [9.17, 15) is 23.3 Å². The molecule has 0 saturated heterocycles. The monoisotopic (exact) mass is 326 g/mol. The number of nitrogens with zero attached hydrogens (tertiary/aromatic N) is 1. The van der Waals surface area contributed by atoms with Gasteiger partial charge in [-0.05, 0) is 18.9 Å². The maximum atomic E-state index is 12.7. The van der Waals surface area contributed by atoms with Crippen LogP contribution in [0.1, 0.15) is 25.3 Å². The minimum Gasteiger partial charge on any atom is -0.396 e. The van der Waals surface area contributed by atoms with Gasteiger partial charge < -0.3 is 10.4 Å². The van der Waals surface area contributed by atoms with Crippen LogP contribution in [0.5, 0.6) is 0 Å². The minimum absolute atomic E-state index is 0.0988. The number of aliphatic hydroxyl groups excluding tert-OH is 1. The Morgan fingerprint density at radius 3 is 2.52 bits per heavy atom. The van der Waals surface area contributed by atoms with Crippen LogP contribution in [0.3, 0.4) is 0 Å². The van der Waals surface area contributed by atoms with Gasteiger partial charge in [0.25, 0.3) is 5.69 Å². The van der Waals surface area contributed by atoms with Crippen LogP contribution >= 0.6 is 11.6 Å². The van der Waals surface area contributed by atoms with E-state index in [1.165, 1.54) is 0 Å². The number of nitro benzene ring substituents is 1. The fraction of sp³-hybridized carbons (Fsp3) is 0.500. The second-order valence-corrected chi connectivity index (χ2v) is 4.77. The predicted octanol–water partition coefficient (Wildman–Crippen LogP) is 3.84. The van der Waals surface area contributed by atoms with E-state index >= 15 is 0 Å². The number of halogens is 4. The molecule has 0 aliphatic carbocycles. The van der Waals surface area contributed by atoms with Gasteiger partial charge in [-0.25, -0.2) is 0 Å². The van der Waals surface area contributed by atoms with Crippen LogP contribution in [0.25, 0.3) is 0 Å². The first-order valence-electron chi connectivity index (χ1n) is 6.13. The molecule has 0 amide bonds. The number of hydrogen-bond acceptors (Lipinski definition) is 4. The molecule has 1 rings (SSSR count). The first-order chi connectivity index (χ1) is 9.70. The summed E-state index contributed by atoms with van der Waals surface area (Å²) in [5.74, 6) is 0. The molecule has 21 heavy (non-hydrogen) atoms. The number of alkyl halides is 3. The summed E-state index contributed by atoms with van der Waals surface area (Å²) in [6.07, 6.45) is -3.92. The Morgan fingerprint density at radius 2 is 2.10 bits per heavy atom. The van der Waals surface area contributed by atoms with Crippen molar-refractivity contribution < 1.29 is 23.2 Å². The molecule has 2 N–H and O–H groups in total. The van der Waals surface area contributed by atoms with Crippen molar-refractivity contribution >= 4 is 23.0 Å². The van der Waals surface area contributed by atoms with Crippen LogP contribution in [0.15, 0.2) is 12.1 Å². The van der Waals surface area contributed by atoms with E-state index < -0.39 is 27.4 Å². The van der Waals surface area contributed by atoms with Crippen LogP contribution in [-0.4, -0.2) is 22.7 Å². The smallest absolute Gasteiger partial charge is 0.396 e. The molecular weight excluding hydrogens is 313 g/mol.